The number of hydrogen-bond donors (Lipinski definition) is 0. The lowest BCUT2D eigenvalue weighted by atomic mass is 9.98. The van der Waals surface area contributed by atoms with Crippen molar-refractivity contribution in [3.63, 3.8) is 0 Å². The number of benzene rings is 1. The zero-order chi connectivity index (χ0) is 17.0. The molecule has 0 aromatic heterocycles. The monoisotopic (exact) mass is 332 g/mol. The van der Waals surface area contributed by atoms with Crippen molar-refractivity contribution < 1.29 is 9.53 Å². The Morgan fingerprint density at radius 1 is 1.39 bits per heavy atom. The molecule has 0 radical (unpaired) electrons. The largest absolute Gasteiger partial charge is 0.464 e. The Morgan fingerprint density at radius 2 is 2.04 bits per heavy atom. The molecule has 0 aliphatic carbocycles. The molecule has 0 spiro atoms. The molecule has 1 aliphatic rings. The molecule has 4 nitrogen and oxygen atoms in total. The number of rotatable bonds is 6. The Labute approximate surface area is 143 Å². The molecule has 0 saturated carbocycles. The third-order valence-electron chi connectivity index (χ3n) is 3.95. The van der Waals surface area contributed by atoms with E-state index in [9.17, 15) is 4.79 Å². The van der Waals surface area contributed by atoms with Gasteiger partial charge in [0.1, 0.15) is 0 Å². The second-order valence-electron chi connectivity index (χ2n) is 5.78. The molecule has 5 heteroatoms. The molecule has 1 aliphatic heterocycles. The standard InChI is InChI=1S/C18H24N2O2S/c1-5-12-19-15(14-10-8-7-9-11-14)16(17(21)22-6-2)20(13(3)4)18(19)23/h5,7-11,13,15-16H,1,6,12H2,2-4H3/t15-,16+/m1/s1. The van der Waals surface area contributed by atoms with E-state index in [0.717, 1.165) is 5.56 Å². The Bertz CT molecular complexity index is 574. The van der Waals surface area contributed by atoms with Gasteiger partial charge in [-0.25, -0.2) is 4.79 Å². The summed E-state index contributed by atoms with van der Waals surface area (Å²) in [5.41, 5.74) is 1.05. The third kappa shape index (κ3) is 3.39. The molecule has 0 bridgehead atoms. The highest BCUT2D eigenvalue weighted by atomic mass is 32.1. The molecule has 2 atom stereocenters. The second kappa shape index (κ2) is 7.59. The summed E-state index contributed by atoms with van der Waals surface area (Å²) < 4.78 is 5.34. The Morgan fingerprint density at radius 3 is 2.57 bits per heavy atom. The number of esters is 1. The van der Waals surface area contributed by atoms with Gasteiger partial charge < -0.3 is 14.5 Å². The van der Waals surface area contributed by atoms with E-state index in [1.165, 1.54) is 0 Å². The Kier molecular flexibility index (Phi) is 5.77. The van der Waals surface area contributed by atoms with E-state index in [1.807, 2.05) is 62.1 Å². The van der Waals surface area contributed by atoms with Crippen LogP contribution in [0.1, 0.15) is 32.4 Å². The van der Waals surface area contributed by atoms with E-state index < -0.39 is 6.04 Å². The van der Waals surface area contributed by atoms with Crippen LogP contribution in [0.3, 0.4) is 0 Å². The lowest BCUT2D eigenvalue weighted by Crippen LogP contribution is -2.45. The number of nitrogens with zero attached hydrogens (tertiary/aromatic N) is 2. The van der Waals surface area contributed by atoms with Crippen LogP contribution in [0, 0.1) is 0 Å². The van der Waals surface area contributed by atoms with Gasteiger partial charge >= 0.3 is 5.97 Å². The lowest BCUT2D eigenvalue weighted by molar-refractivity contribution is -0.149. The van der Waals surface area contributed by atoms with Crippen molar-refractivity contribution in [2.45, 2.75) is 38.9 Å². The van der Waals surface area contributed by atoms with Crippen LogP contribution in [0.2, 0.25) is 0 Å². The van der Waals surface area contributed by atoms with Crippen LogP contribution < -0.4 is 0 Å². The maximum absolute atomic E-state index is 12.7. The second-order valence-corrected chi connectivity index (χ2v) is 6.14. The van der Waals surface area contributed by atoms with E-state index in [1.54, 1.807) is 0 Å². The quantitative estimate of drug-likeness (QED) is 0.454. The summed E-state index contributed by atoms with van der Waals surface area (Å²) in [6, 6.07) is 9.48. The Hall–Kier alpha value is -1.88. The smallest absolute Gasteiger partial charge is 0.331 e. The van der Waals surface area contributed by atoms with Crippen LogP contribution in [0.15, 0.2) is 43.0 Å². The predicted molar refractivity (Wildman–Crippen MR) is 96.1 cm³/mol. The van der Waals surface area contributed by atoms with Gasteiger partial charge in [0, 0.05) is 12.6 Å². The molecule has 0 unspecified atom stereocenters. The van der Waals surface area contributed by atoms with Crippen LogP contribution in [0.25, 0.3) is 0 Å². The first-order valence-corrected chi connectivity index (χ1v) is 8.35. The fraction of sp³-hybridized carbons (Fsp3) is 0.444. The number of ether oxygens (including phenoxy) is 1. The minimum atomic E-state index is -0.440. The average molecular weight is 332 g/mol. The molecule has 1 aromatic rings. The molecular weight excluding hydrogens is 308 g/mol. The van der Waals surface area contributed by atoms with Gasteiger partial charge in [0.25, 0.3) is 0 Å². The SMILES string of the molecule is C=CCN1C(=S)N(C(C)C)[C@H](C(=O)OCC)[C@H]1c1ccccc1. The first-order valence-electron chi connectivity index (χ1n) is 7.94. The topological polar surface area (TPSA) is 32.8 Å². The molecule has 1 aromatic carbocycles. The van der Waals surface area contributed by atoms with E-state index >= 15 is 0 Å². The highest BCUT2D eigenvalue weighted by Gasteiger charge is 2.49. The summed E-state index contributed by atoms with van der Waals surface area (Å²) in [7, 11) is 0. The number of carbonyl (C=O) groups is 1. The molecule has 0 amide bonds. The summed E-state index contributed by atoms with van der Waals surface area (Å²) >= 11 is 5.66. The summed E-state index contributed by atoms with van der Waals surface area (Å²) in [5, 5.41) is 0.673. The van der Waals surface area contributed by atoms with Crippen LogP contribution in [0.4, 0.5) is 0 Å². The first kappa shape index (κ1) is 17.5. The van der Waals surface area contributed by atoms with Crippen LogP contribution in [-0.4, -0.2) is 46.1 Å². The highest BCUT2D eigenvalue weighted by molar-refractivity contribution is 7.80. The molecule has 23 heavy (non-hydrogen) atoms. The van der Waals surface area contributed by atoms with Crippen LogP contribution >= 0.6 is 12.2 Å². The maximum Gasteiger partial charge on any atom is 0.331 e. The summed E-state index contributed by atoms with van der Waals surface area (Å²) in [6.07, 6.45) is 1.81. The van der Waals surface area contributed by atoms with E-state index in [0.29, 0.717) is 18.3 Å². The van der Waals surface area contributed by atoms with Gasteiger partial charge in [-0.2, -0.15) is 0 Å². The maximum atomic E-state index is 12.7. The van der Waals surface area contributed by atoms with E-state index in [4.69, 9.17) is 17.0 Å². The number of hydrogen-bond acceptors (Lipinski definition) is 3. The number of carbonyl (C=O) groups excluding carboxylic acids is 1. The van der Waals surface area contributed by atoms with Crippen LogP contribution in [0.5, 0.6) is 0 Å². The minimum Gasteiger partial charge on any atom is -0.464 e. The van der Waals surface area contributed by atoms with Gasteiger partial charge in [-0.15, -0.1) is 6.58 Å². The summed E-state index contributed by atoms with van der Waals surface area (Å²) in [5.74, 6) is -0.232. The zero-order valence-corrected chi connectivity index (χ0v) is 14.8. The zero-order valence-electron chi connectivity index (χ0n) is 13.9. The average Bonchev–Trinajstić information content (AvgIpc) is 2.82. The van der Waals surface area contributed by atoms with Crippen molar-refractivity contribution in [3.05, 3.63) is 48.6 Å². The first-order chi connectivity index (χ1) is 11.0. The molecule has 0 N–H and O–H groups in total. The lowest BCUT2D eigenvalue weighted by Gasteiger charge is -2.29. The number of thiocarbonyl (C=S) groups is 1. The third-order valence-corrected chi connectivity index (χ3v) is 4.40. The minimum absolute atomic E-state index is 0.109. The fourth-order valence-electron chi connectivity index (χ4n) is 3.06. The van der Waals surface area contributed by atoms with Crippen molar-refractivity contribution in [1.29, 1.82) is 0 Å². The van der Waals surface area contributed by atoms with Crippen molar-refractivity contribution >= 4 is 23.3 Å². The highest BCUT2D eigenvalue weighted by Crippen LogP contribution is 2.37. The van der Waals surface area contributed by atoms with Crippen molar-refractivity contribution in [2.75, 3.05) is 13.2 Å². The van der Waals surface area contributed by atoms with Gasteiger partial charge in [-0.3, -0.25) is 0 Å². The summed E-state index contributed by atoms with van der Waals surface area (Å²) in [4.78, 5) is 16.7. The van der Waals surface area contributed by atoms with Gasteiger partial charge in [0.2, 0.25) is 0 Å². The predicted octanol–water partition coefficient (Wildman–Crippen LogP) is 3.16. The van der Waals surface area contributed by atoms with Crippen molar-refractivity contribution in [3.8, 4) is 0 Å². The van der Waals surface area contributed by atoms with Gasteiger partial charge in [0.05, 0.1) is 12.6 Å². The molecule has 1 heterocycles. The van der Waals surface area contributed by atoms with Gasteiger partial charge in [-0.05, 0) is 38.6 Å². The van der Waals surface area contributed by atoms with Crippen molar-refractivity contribution in [2.24, 2.45) is 0 Å². The normalized spacial score (nSPS) is 21.0. The molecule has 2 rings (SSSR count). The Balaban J connectivity index is 2.51. The van der Waals surface area contributed by atoms with E-state index in [2.05, 4.69) is 11.5 Å². The summed E-state index contributed by atoms with van der Waals surface area (Å²) in [6.45, 7) is 10.7. The van der Waals surface area contributed by atoms with Crippen molar-refractivity contribution in [1.82, 2.24) is 9.80 Å². The molecule has 1 saturated heterocycles. The molecule has 124 valence electrons. The fourth-order valence-corrected chi connectivity index (χ4v) is 3.58. The van der Waals surface area contributed by atoms with Crippen LogP contribution in [-0.2, 0) is 9.53 Å². The van der Waals surface area contributed by atoms with E-state index in [-0.39, 0.29) is 18.1 Å². The van der Waals surface area contributed by atoms with Gasteiger partial charge in [-0.1, -0.05) is 36.4 Å². The van der Waals surface area contributed by atoms with Gasteiger partial charge in [0.15, 0.2) is 11.2 Å². The molecular formula is C18H24N2O2S. The molecule has 1 fully saturated rings.